The molecule has 0 radical (unpaired) electrons. The molecule has 4 rings (SSSR count). The van der Waals surface area contributed by atoms with Gasteiger partial charge < -0.3 is 10.2 Å². The topological polar surface area (TPSA) is 62.5 Å². The Labute approximate surface area is 178 Å². The molecule has 156 valence electrons. The molecular formula is C23H19F2N5O. The van der Waals surface area contributed by atoms with Gasteiger partial charge in [0, 0.05) is 41.2 Å². The predicted molar refractivity (Wildman–Crippen MR) is 113 cm³/mol. The van der Waals surface area contributed by atoms with Crippen molar-refractivity contribution in [2.75, 3.05) is 11.9 Å². The molecule has 3 heterocycles. The zero-order valence-corrected chi connectivity index (χ0v) is 17.0. The molecule has 1 aliphatic heterocycles. The average Bonchev–Trinajstić information content (AvgIpc) is 3.11. The van der Waals surface area contributed by atoms with Crippen LogP contribution in [0.1, 0.15) is 41.4 Å². The van der Waals surface area contributed by atoms with Crippen LogP contribution in [0.4, 0.5) is 20.3 Å². The number of aromatic nitrogens is 2. The van der Waals surface area contributed by atoms with Gasteiger partial charge in [0.15, 0.2) is 5.69 Å². The second-order valence-corrected chi connectivity index (χ2v) is 7.24. The number of rotatable bonds is 5. The Morgan fingerprint density at radius 3 is 2.68 bits per heavy atom. The molecule has 2 aromatic heterocycles. The maximum atomic E-state index is 14.9. The van der Waals surface area contributed by atoms with E-state index in [0.29, 0.717) is 30.2 Å². The molecule has 3 aromatic rings. The van der Waals surface area contributed by atoms with E-state index >= 15 is 0 Å². The second kappa shape index (κ2) is 8.11. The van der Waals surface area contributed by atoms with Gasteiger partial charge in [0.1, 0.15) is 17.5 Å². The van der Waals surface area contributed by atoms with Gasteiger partial charge in [-0.3, -0.25) is 9.78 Å². The molecule has 8 heteroatoms. The van der Waals surface area contributed by atoms with E-state index in [1.165, 1.54) is 24.5 Å². The van der Waals surface area contributed by atoms with Gasteiger partial charge in [-0.05, 0) is 44.2 Å². The molecule has 0 fully saturated rings. The fourth-order valence-electron chi connectivity index (χ4n) is 3.68. The van der Waals surface area contributed by atoms with E-state index in [2.05, 4.69) is 20.1 Å². The fourth-order valence-corrected chi connectivity index (χ4v) is 3.68. The van der Waals surface area contributed by atoms with E-state index in [0.717, 1.165) is 17.7 Å². The number of halogens is 2. The van der Waals surface area contributed by atoms with Crippen LogP contribution in [0.15, 0.2) is 42.7 Å². The number of carbonyl (C=O) groups is 1. The molecule has 0 saturated heterocycles. The third-order valence-electron chi connectivity index (χ3n) is 5.36. The maximum Gasteiger partial charge on any atom is 0.254 e. The molecule has 1 aromatic carbocycles. The van der Waals surface area contributed by atoms with E-state index in [4.69, 9.17) is 6.57 Å². The van der Waals surface area contributed by atoms with Crippen molar-refractivity contribution in [2.45, 2.75) is 26.4 Å². The zero-order valence-electron chi connectivity index (χ0n) is 17.0. The molecule has 0 spiro atoms. The van der Waals surface area contributed by atoms with Crippen molar-refractivity contribution in [3.05, 3.63) is 82.5 Å². The first kappa shape index (κ1) is 20.4. The third kappa shape index (κ3) is 3.70. The highest BCUT2D eigenvalue weighted by atomic mass is 19.1. The second-order valence-electron chi connectivity index (χ2n) is 7.24. The number of pyridine rings is 2. The minimum Gasteiger partial charge on any atom is -0.363 e. The lowest BCUT2D eigenvalue weighted by Crippen LogP contribution is -2.22. The van der Waals surface area contributed by atoms with Crippen LogP contribution in [-0.4, -0.2) is 27.3 Å². The Morgan fingerprint density at radius 2 is 1.94 bits per heavy atom. The molecule has 1 aliphatic rings. The minimum absolute atomic E-state index is 0.0122. The lowest BCUT2D eigenvalue weighted by Gasteiger charge is -2.19. The van der Waals surface area contributed by atoms with Crippen molar-refractivity contribution >= 4 is 17.4 Å². The molecule has 0 saturated carbocycles. The standard InChI is InChI=1S/C23H19F2N5O/c1-4-30-12-18-15(23(30)31)6-8-28-22(18)29-13(2)16-10-20(25)17(11-19(16)24)21-9-14(26-3)5-7-27-21/h5-11,13H,4,12H2,1-2H3,(H,28,29)/t13-/m0/s1. The van der Waals surface area contributed by atoms with E-state index in [1.54, 1.807) is 17.9 Å². The molecule has 31 heavy (non-hydrogen) atoms. The van der Waals surface area contributed by atoms with Crippen molar-refractivity contribution in [3.63, 3.8) is 0 Å². The number of nitrogens with zero attached hydrogens (tertiary/aromatic N) is 4. The summed E-state index contributed by atoms with van der Waals surface area (Å²) in [7, 11) is 0. The number of benzene rings is 1. The summed E-state index contributed by atoms with van der Waals surface area (Å²) in [5, 5.41) is 3.12. The van der Waals surface area contributed by atoms with Gasteiger partial charge >= 0.3 is 0 Å². The molecule has 6 nitrogen and oxygen atoms in total. The number of hydrogen-bond donors (Lipinski definition) is 1. The monoisotopic (exact) mass is 419 g/mol. The lowest BCUT2D eigenvalue weighted by molar-refractivity contribution is 0.0787. The molecule has 0 aliphatic carbocycles. The molecular weight excluding hydrogens is 400 g/mol. The van der Waals surface area contributed by atoms with Gasteiger partial charge in [-0.1, -0.05) is 0 Å². The summed E-state index contributed by atoms with van der Waals surface area (Å²) in [5.41, 5.74) is 1.92. The highest BCUT2D eigenvalue weighted by molar-refractivity contribution is 5.99. The quantitative estimate of drug-likeness (QED) is 0.583. The highest BCUT2D eigenvalue weighted by Crippen LogP contribution is 2.32. The van der Waals surface area contributed by atoms with Gasteiger partial charge in [0.05, 0.1) is 24.9 Å². The summed E-state index contributed by atoms with van der Waals surface area (Å²) in [6.45, 7) is 11.7. The molecule has 0 unspecified atom stereocenters. The van der Waals surface area contributed by atoms with Crippen LogP contribution in [0.25, 0.3) is 16.1 Å². The molecule has 0 bridgehead atoms. The third-order valence-corrected chi connectivity index (χ3v) is 5.36. The summed E-state index contributed by atoms with van der Waals surface area (Å²) < 4.78 is 29.8. The van der Waals surface area contributed by atoms with Gasteiger partial charge in [0.2, 0.25) is 0 Å². The summed E-state index contributed by atoms with van der Waals surface area (Å²) in [6, 6.07) is 6.20. The summed E-state index contributed by atoms with van der Waals surface area (Å²) in [4.78, 5) is 25.7. The lowest BCUT2D eigenvalue weighted by atomic mass is 10.0. The first-order valence-corrected chi connectivity index (χ1v) is 9.79. The molecule has 1 N–H and O–H groups in total. The van der Waals surface area contributed by atoms with E-state index in [1.807, 2.05) is 6.92 Å². The fraction of sp³-hybridized carbons (Fsp3) is 0.217. The smallest absolute Gasteiger partial charge is 0.254 e. The van der Waals surface area contributed by atoms with E-state index < -0.39 is 17.7 Å². The maximum absolute atomic E-state index is 14.9. The van der Waals surface area contributed by atoms with Crippen LogP contribution < -0.4 is 5.32 Å². The summed E-state index contributed by atoms with van der Waals surface area (Å²) >= 11 is 0. The molecule has 1 amide bonds. The van der Waals surface area contributed by atoms with Gasteiger partial charge in [-0.2, -0.15) is 0 Å². The molecule has 1 atom stereocenters. The number of nitrogens with one attached hydrogen (secondary N) is 1. The Balaban J connectivity index is 1.64. The number of fused-ring (bicyclic) bond motifs is 1. The Kier molecular flexibility index (Phi) is 5.34. The number of carbonyl (C=O) groups excluding carboxylic acids is 1. The number of anilines is 1. The van der Waals surface area contributed by atoms with Crippen LogP contribution in [0.2, 0.25) is 0 Å². The number of amides is 1. The van der Waals surface area contributed by atoms with Crippen molar-refractivity contribution in [2.24, 2.45) is 0 Å². The van der Waals surface area contributed by atoms with Crippen LogP contribution in [-0.2, 0) is 6.54 Å². The van der Waals surface area contributed by atoms with Crippen molar-refractivity contribution in [1.82, 2.24) is 14.9 Å². The summed E-state index contributed by atoms with van der Waals surface area (Å²) in [6.07, 6.45) is 2.92. The summed E-state index contributed by atoms with van der Waals surface area (Å²) in [5.74, 6) is -0.834. The minimum atomic E-state index is -0.640. The largest absolute Gasteiger partial charge is 0.363 e. The van der Waals surface area contributed by atoms with Crippen LogP contribution >= 0.6 is 0 Å². The van der Waals surface area contributed by atoms with Crippen molar-refractivity contribution in [3.8, 4) is 11.3 Å². The zero-order chi connectivity index (χ0) is 22.1. The Hall–Kier alpha value is -3.86. The van der Waals surface area contributed by atoms with Crippen molar-refractivity contribution < 1.29 is 13.6 Å². The van der Waals surface area contributed by atoms with Gasteiger partial charge in [0.25, 0.3) is 5.91 Å². The SMILES string of the molecule is [C-]#[N+]c1ccnc(-c2cc(F)c([C@H](C)Nc3nccc4c3CN(CC)C4=O)cc2F)c1. The van der Waals surface area contributed by atoms with E-state index in [-0.39, 0.29) is 22.7 Å². The van der Waals surface area contributed by atoms with Crippen LogP contribution in [0.5, 0.6) is 0 Å². The highest BCUT2D eigenvalue weighted by Gasteiger charge is 2.29. The van der Waals surface area contributed by atoms with Crippen LogP contribution in [0.3, 0.4) is 0 Å². The first-order chi connectivity index (χ1) is 14.9. The number of hydrogen-bond acceptors (Lipinski definition) is 4. The predicted octanol–water partition coefficient (Wildman–Crippen LogP) is 5.12. The van der Waals surface area contributed by atoms with Crippen molar-refractivity contribution in [1.29, 1.82) is 0 Å². The first-order valence-electron chi connectivity index (χ1n) is 9.79. The Morgan fingerprint density at radius 1 is 1.16 bits per heavy atom. The van der Waals surface area contributed by atoms with Gasteiger partial charge in [-0.25, -0.2) is 18.6 Å². The van der Waals surface area contributed by atoms with Gasteiger partial charge in [-0.15, -0.1) is 0 Å². The van der Waals surface area contributed by atoms with Crippen LogP contribution in [0, 0.1) is 18.2 Å². The average molecular weight is 419 g/mol. The normalized spacial score (nSPS) is 13.6. The van der Waals surface area contributed by atoms with E-state index in [9.17, 15) is 13.6 Å². The Bertz CT molecular complexity index is 1220.